The first-order valence-electron chi connectivity index (χ1n) is 5.37. The number of rotatable bonds is 4. The van der Waals surface area contributed by atoms with Crippen molar-refractivity contribution in [2.45, 2.75) is 27.7 Å². The molecule has 0 fully saturated rings. The molecule has 0 spiro atoms. The van der Waals surface area contributed by atoms with Crippen molar-refractivity contribution in [1.82, 2.24) is 0 Å². The van der Waals surface area contributed by atoms with Gasteiger partial charge < -0.3 is 9.84 Å². The van der Waals surface area contributed by atoms with Crippen molar-refractivity contribution in [1.29, 1.82) is 0 Å². The number of benzene rings is 1. The predicted molar refractivity (Wildman–Crippen MR) is 70.5 cm³/mol. The van der Waals surface area contributed by atoms with Crippen LogP contribution in [0, 0.1) is 19.3 Å². The van der Waals surface area contributed by atoms with Gasteiger partial charge in [-0.05, 0) is 60.8 Å². The first-order valence-corrected chi connectivity index (χ1v) is 6.16. The standard InChI is InChI=1S/C13H17BrO3/c1-8-5-9(2)11(10(14)6-8)17-7-13(3,4)12(15)16/h5-6H,7H2,1-4H3,(H,15,16). The van der Waals surface area contributed by atoms with Crippen LogP contribution in [0.4, 0.5) is 0 Å². The van der Waals surface area contributed by atoms with Crippen LogP contribution in [0.15, 0.2) is 16.6 Å². The summed E-state index contributed by atoms with van der Waals surface area (Å²) in [6.07, 6.45) is 0. The second kappa shape index (κ2) is 5.08. The highest BCUT2D eigenvalue weighted by Crippen LogP contribution is 2.31. The van der Waals surface area contributed by atoms with Gasteiger partial charge >= 0.3 is 5.97 Å². The monoisotopic (exact) mass is 300 g/mol. The smallest absolute Gasteiger partial charge is 0.312 e. The number of ether oxygens (including phenoxy) is 1. The molecule has 0 atom stereocenters. The third-order valence-electron chi connectivity index (χ3n) is 2.53. The van der Waals surface area contributed by atoms with Gasteiger partial charge in [-0.15, -0.1) is 0 Å². The summed E-state index contributed by atoms with van der Waals surface area (Å²) in [5.41, 5.74) is 1.24. The Morgan fingerprint density at radius 2 is 2.00 bits per heavy atom. The van der Waals surface area contributed by atoms with E-state index < -0.39 is 11.4 Å². The molecule has 0 heterocycles. The first kappa shape index (κ1) is 14.0. The van der Waals surface area contributed by atoms with Gasteiger partial charge in [0.15, 0.2) is 0 Å². The van der Waals surface area contributed by atoms with Crippen molar-refractivity contribution in [2.24, 2.45) is 5.41 Å². The summed E-state index contributed by atoms with van der Waals surface area (Å²) in [4.78, 5) is 11.0. The molecule has 1 N–H and O–H groups in total. The molecule has 0 radical (unpaired) electrons. The number of aryl methyl sites for hydroxylation is 2. The normalized spacial score (nSPS) is 11.4. The summed E-state index contributed by atoms with van der Waals surface area (Å²) in [6.45, 7) is 7.38. The molecule has 17 heavy (non-hydrogen) atoms. The number of carboxylic acid groups (broad SMARTS) is 1. The fourth-order valence-corrected chi connectivity index (χ4v) is 2.19. The average molecular weight is 301 g/mol. The van der Waals surface area contributed by atoms with Gasteiger partial charge in [-0.2, -0.15) is 0 Å². The van der Waals surface area contributed by atoms with Gasteiger partial charge in [-0.3, -0.25) is 4.79 Å². The Balaban J connectivity index is 2.87. The minimum atomic E-state index is -0.892. The Labute approximate surface area is 110 Å². The Morgan fingerprint density at radius 1 is 1.41 bits per heavy atom. The van der Waals surface area contributed by atoms with Crippen molar-refractivity contribution in [3.63, 3.8) is 0 Å². The highest BCUT2D eigenvalue weighted by atomic mass is 79.9. The van der Waals surface area contributed by atoms with E-state index >= 15 is 0 Å². The van der Waals surface area contributed by atoms with Gasteiger partial charge in [0.05, 0.1) is 9.89 Å². The molecule has 0 aromatic heterocycles. The van der Waals surface area contributed by atoms with Gasteiger partial charge in [-0.25, -0.2) is 0 Å². The van der Waals surface area contributed by atoms with E-state index in [4.69, 9.17) is 9.84 Å². The summed E-state index contributed by atoms with van der Waals surface area (Å²) in [6, 6.07) is 3.96. The zero-order valence-electron chi connectivity index (χ0n) is 10.5. The molecule has 94 valence electrons. The zero-order chi connectivity index (χ0) is 13.2. The molecular weight excluding hydrogens is 284 g/mol. The van der Waals surface area contributed by atoms with Crippen LogP contribution in [0.3, 0.4) is 0 Å². The molecule has 0 unspecified atom stereocenters. The lowest BCUT2D eigenvalue weighted by Crippen LogP contribution is -2.30. The van der Waals surface area contributed by atoms with Crippen LogP contribution in [0.5, 0.6) is 5.75 Å². The first-order chi connectivity index (χ1) is 7.74. The largest absolute Gasteiger partial charge is 0.491 e. The van der Waals surface area contributed by atoms with Crippen molar-refractivity contribution >= 4 is 21.9 Å². The molecule has 1 rings (SSSR count). The molecule has 3 nitrogen and oxygen atoms in total. The lowest BCUT2D eigenvalue weighted by molar-refractivity contribution is -0.148. The molecule has 0 amide bonds. The van der Waals surface area contributed by atoms with Gasteiger partial charge in [0.25, 0.3) is 0 Å². The van der Waals surface area contributed by atoms with E-state index in [2.05, 4.69) is 15.9 Å². The molecule has 0 aliphatic carbocycles. The van der Waals surface area contributed by atoms with Gasteiger partial charge in [-0.1, -0.05) is 6.07 Å². The second-order valence-electron chi connectivity index (χ2n) is 4.87. The molecule has 0 aliphatic rings. The van der Waals surface area contributed by atoms with Crippen LogP contribution in [0.1, 0.15) is 25.0 Å². The third kappa shape index (κ3) is 3.46. The van der Waals surface area contributed by atoms with E-state index in [0.717, 1.165) is 15.6 Å². The Bertz CT molecular complexity index is 415. The Kier molecular flexibility index (Phi) is 4.20. The summed E-state index contributed by atoms with van der Waals surface area (Å²) in [7, 11) is 0. The van der Waals surface area contributed by atoms with Crippen LogP contribution >= 0.6 is 15.9 Å². The molecule has 0 saturated heterocycles. The van der Waals surface area contributed by atoms with Gasteiger partial charge in [0.2, 0.25) is 0 Å². The van der Waals surface area contributed by atoms with E-state index in [1.54, 1.807) is 13.8 Å². The summed E-state index contributed by atoms with van der Waals surface area (Å²) < 4.78 is 6.48. The zero-order valence-corrected chi connectivity index (χ0v) is 12.1. The number of hydrogen-bond acceptors (Lipinski definition) is 2. The van der Waals surface area contributed by atoms with Crippen LogP contribution in [0.25, 0.3) is 0 Å². The number of carboxylic acids is 1. The van der Waals surface area contributed by atoms with E-state index in [1.807, 2.05) is 26.0 Å². The highest BCUT2D eigenvalue weighted by Gasteiger charge is 2.28. The molecule has 0 aliphatic heterocycles. The summed E-state index contributed by atoms with van der Waals surface area (Å²) in [5, 5.41) is 9.01. The van der Waals surface area contributed by atoms with E-state index in [0.29, 0.717) is 5.75 Å². The molecule has 1 aromatic carbocycles. The van der Waals surface area contributed by atoms with Gasteiger partial charge in [0.1, 0.15) is 12.4 Å². The fraction of sp³-hybridized carbons (Fsp3) is 0.462. The molecule has 1 aromatic rings. The lowest BCUT2D eigenvalue weighted by Gasteiger charge is -2.21. The van der Waals surface area contributed by atoms with Crippen molar-refractivity contribution in [3.8, 4) is 5.75 Å². The molecule has 4 heteroatoms. The maximum Gasteiger partial charge on any atom is 0.312 e. The van der Waals surface area contributed by atoms with E-state index in [-0.39, 0.29) is 6.61 Å². The quantitative estimate of drug-likeness (QED) is 0.925. The highest BCUT2D eigenvalue weighted by molar-refractivity contribution is 9.10. The SMILES string of the molecule is Cc1cc(C)c(OCC(C)(C)C(=O)O)c(Br)c1. The number of carbonyl (C=O) groups is 1. The third-order valence-corrected chi connectivity index (χ3v) is 3.12. The summed E-state index contributed by atoms with van der Waals surface area (Å²) in [5.74, 6) is -0.150. The molecular formula is C13H17BrO3. The average Bonchev–Trinajstić information content (AvgIpc) is 2.15. The van der Waals surface area contributed by atoms with Crippen molar-refractivity contribution in [2.75, 3.05) is 6.61 Å². The number of aliphatic carboxylic acids is 1. The van der Waals surface area contributed by atoms with Gasteiger partial charge in [0, 0.05) is 0 Å². The topological polar surface area (TPSA) is 46.5 Å². The lowest BCUT2D eigenvalue weighted by atomic mass is 9.95. The predicted octanol–water partition coefficient (Wildman–Crippen LogP) is 3.56. The van der Waals surface area contributed by atoms with Crippen molar-refractivity contribution in [3.05, 3.63) is 27.7 Å². The maximum absolute atomic E-state index is 11.0. The minimum Gasteiger partial charge on any atom is -0.491 e. The van der Waals surface area contributed by atoms with E-state index in [1.165, 1.54) is 0 Å². The summed E-state index contributed by atoms with van der Waals surface area (Å²) >= 11 is 3.43. The fourth-order valence-electron chi connectivity index (χ4n) is 1.40. The van der Waals surface area contributed by atoms with Crippen LogP contribution in [0.2, 0.25) is 0 Å². The molecule has 0 saturated carbocycles. The van der Waals surface area contributed by atoms with E-state index in [9.17, 15) is 4.79 Å². The second-order valence-corrected chi connectivity index (χ2v) is 5.72. The number of hydrogen-bond donors (Lipinski definition) is 1. The minimum absolute atomic E-state index is 0.144. The number of halogens is 1. The van der Waals surface area contributed by atoms with Crippen LogP contribution in [-0.4, -0.2) is 17.7 Å². The maximum atomic E-state index is 11.0. The Hall–Kier alpha value is -1.03. The molecule has 0 bridgehead atoms. The Morgan fingerprint density at radius 3 is 2.47 bits per heavy atom. The van der Waals surface area contributed by atoms with Crippen LogP contribution < -0.4 is 4.74 Å². The van der Waals surface area contributed by atoms with Crippen LogP contribution in [-0.2, 0) is 4.79 Å². The van der Waals surface area contributed by atoms with Crippen molar-refractivity contribution < 1.29 is 14.6 Å².